The number of thiophene rings is 1. The molecule has 7 heteroatoms. The molecular weight excluding hydrogens is 232 g/mol. The third-order valence-electron chi connectivity index (χ3n) is 2.62. The molecule has 2 aromatic rings. The van der Waals surface area contributed by atoms with Gasteiger partial charge in [-0.1, -0.05) is 0 Å². The predicted molar refractivity (Wildman–Crippen MR) is 76.4 cm³/mol. The topological polar surface area (TPSA) is 54.9 Å². The molecule has 2 aromatic heterocycles. The number of rotatable bonds is 5. The predicted octanol–water partition coefficient (Wildman–Crippen LogP) is 0.0746. The molecule has 0 aliphatic rings. The van der Waals surface area contributed by atoms with Crippen LogP contribution in [0.4, 0.5) is 5.82 Å². The summed E-state index contributed by atoms with van der Waals surface area (Å²) < 4.78 is 1.07. The van der Waals surface area contributed by atoms with Gasteiger partial charge in [0, 0.05) is 6.54 Å². The zero-order chi connectivity index (χ0) is 12.3. The van der Waals surface area contributed by atoms with Crippen LogP contribution in [0.5, 0.6) is 0 Å². The largest absolute Gasteiger partial charge is 0.369 e. The van der Waals surface area contributed by atoms with E-state index in [1.807, 2.05) is 27.1 Å². The Labute approximate surface area is 106 Å². The number of carbonyl (C=O) groups is 1. The molecule has 0 saturated heterocycles. The van der Waals surface area contributed by atoms with Crippen LogP contribution in [0.3, 0.4) is 0 Å². The van der Waals surface area contributed by atoms with Crippen molar-refractivity contribution in [3.05, 3.63) is 17.8 Å². The molecule has 0 atom stereocenters. The van der Waals surface area contributed by atoms with E-state index in [1.165, 1.54) is 0 Å². The summed E-state index contributed by atoms with van der Waals surface area (Å²) in [5.41, 5.74) is 0.960. The highest BCUT2D eigenvalue weighted by Gasteiger charge is 2.16. The number of nitrogens with zero attached hydrogens (tertiary/aromatic N) is 2. The van der Waals surface area contributed by atoms with E-state index in [9.17, 15) is 4.79 Å². The maximum absolute atomic E-state index is 10.8. The summed E-state index contributed by atoms with van der Waals surface area (Å²) in [4.78, 5) is 19.2. The lowest BCUT2D eigenvalue weighted by molar-refractivity contribution is -0.108. The molecule has 0 aromatic carbocycles. The summed E-state index contributed by atoms with van der Waals surface area (Å²) >= 11 is 1.62. The van der Waals surface area contributed by atoms with Crippen LogP contribution in [0.15, 0.2) is 17.8 Å². The second-order valence-electron chi connectivity index (χ2n) is 4.64. The standard InChI is InChI=1S/C10H13B2N3OS/c11-10(12,5-16)2-3-13-9-8-7(1-4-17-8)14-6-15-9/h1,4-6H,2-3,11-12H2,(H,13,14,15). The molecule has 0 fully saturated rings. The molecule has 0 radical (unpaired) electrons. The van der Waals surface area contributed by atoms with Crippen LogP contribution < -0.4 is 5.32 Å². The number of nitrogens with one attached hydrogen (secondary N) is 1. The number of carbonyl (C=O) groups excluding carboxylic acids is 1. The van der Waals surface area contributed by atoms with E-state index in [4.69, 9.17) is 0 Å². The molecule has 0 amide bonds. The second kappa shape index (κ2) is 4.87. The number of aldehydes is 1. The van der Waals surface area contributed by atoms with E-state index < -0.39 is 0 Å². The van der Waals surface area contributed by atoms with E-state index in [2.05, 4.69) is 15.3 Å². The van der Waals surface area contributed by atoms with Gasteiger partial charge in [-0.3, -0.25) is 0 Å². The van der Waals surface area contributed by atoms with E-state index in [0.717, 1.165) is 35.3 Å². The highest BCUT2D eigenvalue weighted by molar-refractivity contribution is 7.17. The fraction of sp³-hybridized carbons (Fsp3) is 0.300. The molecule has 0 aliphatic heterocycles. The number of fused-ring (bicyclic) bond motifs is 1. The molecule has 4 nitrogen and oxygen atoms in total. The first-order valence-corrected chi connectivity index (χ1v) is 6.39. The van der Waals surface area contributed by atoms with Crippen LogP contribution in [0.1, 0.15) is 6.42 Å². The van der Waals surface area contributed by atoms with Crippen LogP contribution in [-0.4, -0.2) is 38.5 Å². The molecule has 0 aliphatic carbocycles. The highest BCUT2D eigenvalue weighted by Crippen LogP contribution is 2.25. The van der Waals surface area contributed by atoms with E-state index >= 15 is 0 Å². The first-order chi connectivity index (χ1) is 8.12. The molecule has 1 N–H and O–H groups in total. The van der Waals surface area contributed by atoms with Crippen molar-refractivity contribution in [1.29, 1.82) is 0 Å². The van der Waals surface area contributed by atoms with E-state index in [0.29, 0.717) is 0 Å². The summed E-state index contributed by atoms with van der Waals surface area (Å²) in [6, 6.07) is 1.97. The van der Waals surface area contributed by atoms with Crippen LogP contribution in [0.25, 0.3) is 10.2 Å². The quantitative estimate of drug-likeness (QED) is 0.598. The Morgan fingerprint density at radius 3 is 3.06 bits per heavy atom. The molecular formula is C10H13B2N3OS. The maximum Gasteiger partial charge on any atom is 0.147 e. The lowest BCUT2D eigenvalue weighted by atomic mass is 9.54. The van der Waals surface area contributed by atoms with Gasteiger partial charge in [0.05, 0.1) is 10.2 Å². The van der Waals surface area contributed by atoms with Crippen molar-refractivity contribution in [2.45, 2.75) is 11.6 Å². The van der Waals surface area contributed by atoms with Gasteiger partial charge in [0.1, 0.15) is 34.1 Å². The minimum atomic E-state index is -0.283. The zero-order valence-electron chi connectivity index (χ0n) is 9.93. The number of hydrogen-bond donors (Lipinski definition) is 1. The molecule has 0 bridgehead atoms. The maximum atomic E-state index is 10.8. The van der Waals surface area contributed by atoms with Crippen molar-refractivity contribution < 1.29 is 4.79 Å². The number of aromatic nitrogens is 2. The van der Waals surface area contributed by atoms with Crippen LogP contribution in [0, 0.1) is 0 Å². The van der Waals surface area contributed by atoms with Crippen molar-refractivity contribution in [2.24, 2.45) is 0 Å². The lowest BCUT2D eigenvalue weighted by Crippen LogP contribution is -2.19. The Bertz CT molecular complexity index is 529. The van der Waals surface area contributed by atoms with Gasteiger partial charge in [0.25, 0.3) is 0 Å². The van der Waals surface area contributed by atoms with Crippen LogP contribution in [-0.2, 0) is 4.79 Å². The van der Waals surface area contributed by atoms with Gasteiger partial charge in [-0.05, 0) is 23.1 Å². The summed E-state index contributed by atoms with van der Waals surface area (Å²) in [5, 5.41) is 4.98. The second-order valence-corrected chi connectivity index (χ2v) is 5.56. The molecule has 0 saturated carbocycles. The molecule has 2 rings (SSSR count). The molecule has 17 heavy (non-hydrogen) atoms. The Balaban J connectivity index is 2.04. The van der Waals surface area contributed by atoms with Gasteiger partial charge in [0.15, 0.2) is 0 Å². The van der Waals surface area contributed by atoms with Gasteiger partial charge >= 0.3 is 0 Å². The summed E-state index contributed by atoms with van der Waals surface area (Å²) in [6.45, 7) is 0.732. The lowest BCUT2D eigenvalue weighted by Gasteiger charge is -2.16. The Morgan fingerprint density at radius 1 is 1.47 bits per heavy atom. The average molecular weight is 245 g/mol. The van der Waals surface area contributed by atoms with Gasteiger partial charge in [-0.25, -0.2) is 9.97 Å². The average Bonchev–Trinajstić information content (AvgIpc) is 2.78. The monoisotopic (exact) mass is 245 g/mol. The van der Waals surface area contributed by atoms with Crippen LogP contribution in [0.2, 0.25) is 5.21 Å². The zero-order valence-corrected chi connectivity index (χ0v) is 10.8. The minimum absolute atomic E-state index is 0.283. The van der Waals surface area contributed by atoms with Crippen molar-refractivity contribution >= 4 is 49.3 Å². The normalized spacial score (nSPS) is 11.5. The minimum Gasteiger partial charge on any atom is -0.369 e. The number of anilines is 1. The summed E-state index contributed by atoms with van der Waals surface area (Å²) in [5.74, 6) is 0.853. The number of hydrogen-bond acceptors (Lipinski definition) is 5. The smallest absolute Gasteiger partial charge is 0.147 e. The van der Waals surface area contributed by atoms with Gasteiger partial charge in [-0.2, -0.15) is 0 Å². The fourth-order valence-corrected chi connectivity index (χ4v) is 2.29. The Morgan fingerprint density at radius 2 is 2.29 bits per heavy atom. The van der Waals surface area contributed by atoms with Gasteiger partial charge in [-0.15, -0.1) is 11.3 Å². The molecule has 0 unspecified atom stereocenters. The third kappa shape index (κ3) is 2.85. The van der Waals surface area contributed by atoms with E-state index in [1.54, 1.807) is 17.7 Å². The van der Waals surface area contributed by atoms with Crippen molar-refractivity contribution in [3.63, 3.8) is 0 Å². The highest BCUT2D eigenvalue weighted by atomic mass is 32.1. The third-order valence-corrected chi connectivity index (χ3v) is 3.53. The molecule has 0 spiro atoms. The van der Waals surface area contributed by atoms with Crippen molar-refractivity contribution in [1.82, 2.24) is 9.97 Å². The van der Waals surface area contributed by atoms with Crippen LogP contribution >= 0.6 is 11.3 Å². The first kappa shape index (κ1) is 12.1. The van der Waals surface area contributed by atoms with E-state index in [-0.39, 0.29) is 5.21 Å². The Kier molecular flexibility index (Phi) is 3.47. The molecule has 2 heterocycles. The first-order valence-electron chi connectivity index (χ1n) is 5.51. The summed E-state index contributed by atoms with van der Waals surface area (Å²) in [6.07, 6.45) is 3.34. The van der Waals surface area contributed by atoms with Gasteiger partial charge < -0.3 is 10.1 Å². The summed E-state index contributed by atoms with van der Waals surface area (Å²) in [7, 11) is 3.87. The Hall–Kier alpha value is -1.36. The van der Waals surface area contributed by atoms with Crippen molar-refractivity contribution in [3.8, 4) is 0 Å². The fourth-order valence-electron chi connectivity index (χ4n) is 1.48. The molecule has 86 valence electrons. The SMILES string of the molecule is BC(B)(C=O)CCNc1ncnc2ccsc12. The van der Waals surface area contributed by atoms with Crippen molar-refractivity contribution in [2.75, 3.05) is 11.9 Å². The van der Waals surface area contributed by atoms with Gasteiger partial charge in [0.2, 0.25) is 0 Å².